The van der Waals surface area contributed by atoms with E-state index in [9.17, 15) is 9.59 Å². The lowest BCUT2D eigenvalue weighted by molar-refractivity contribution is -0.140. The second-order valence-corrected chi connectivity index (χ2v) is 6.26. The lowest BCUT2D eigenvalue weighted by Gasteiger charge is -2.19. The Morgan fingerprint density at radius 2 is 1.81 bits per heavy atom. The largest absolute Gasteiger partial charge is 0.389 e. The number of carbonyl (C=O) groups excluding carboxylic acids is 2. The van der Waals surface area contributed by atoms with Gasteiger partial charge in [0.2, 0.25) is 11.8 Å². The highest BCUT2D eigenvalue weighted by molar-refractivity contribution is 7.80. The van der Waals surface area contributed by atoms with Gasteiger partial charge in [-0.15, -0.1) is 0 Å². The molecule has 1 saturated carbocycles. The molecular weight excluding hydrogens is 284 g/mol. The van der Waals surface area contributed by atoms with Crippen LogP contribution in [0.15, 0.2) is 24.3 Å². The van der Waals surface area contributed by atoms with Gasteiger partial charge in [0.15, 0.2) is 0 Å². The third kappa shape index (κ3) is 2.58. The summed E-state index contributed by atoms with van der Waals surface area (Å²) >= 11 is 4.96. The molecule has 0 bridgehead atoms. The molecule has 1 aromatic rings. The Balaban J connectivity index is 1.81. The van der Waals surface area contributed by atoms with E-state index in [1.54, 1.807) is 0 Å². The molecule has 2 aliphatic rings. The molecule has 21 heavy (non-hydrogen) atoms. The average Bonchev–Trinajstić information content (AvgIpc) is 2.73. The molecule has 110 valence electrons. The molecule has 3 rings (SSSR count). The molecule has 5 heteroatoms. The number of thiocarbonyl (C=S) groups is 1. The third-order valence-electron chi connectivity index (χ3n) is 4.48. The van der Waals surface area contributed by atoms with Crippen LogP contribution >= 0.6 is 12.2 Å². The van der Waals surface area contributed by atoms with Gasteiger partial charge in [-0.25, -0.2) is 0 Å². The molecule has 2 unspecified atom stereocenters. The molecule has 2 atom stereocenters. The van der Waals surface area contributed by atoms with E-state index in [4.69, 9.17) is 18.0 Å². The van der Waals surface area contributed by atoms with Crippen molar-refractivity contribution in [2.24, 2.45) is 17.6 Å². The number of imide groups is 1. The van der Waals surface area contributed by atoms with E-state index in [0.29, 0.717) is 11.5 Å². The second-order valence-electron chi connectivity index (χ2n) is 5.82. The minimum Gasteiger partial charge on any atom is -0.389 e. The summed E-state index contributed by atoms with van der Waals surface area (Å²) in [5, 5.41) is 0. The van der Waals surface area contributed by atoms with Gasteiger partial charge in [-0.2, -0.15) is 0 Å². The minimum absolute atomic E-state index is 0.00886. The number of fused-ring (bicyclic) bond motifs is 1. The monoisotopic (exact) mass is 302 g/mol. The number of hydrogen-bond donors (Lipinski definition) is 1. The van der Waals surface area contributed by atoms with Crippen LogP contribution in [0.5, 0.6) is 0 Å². The number of carbonyl (C=O) groups is 2. The fourth-order valence-corrected chi connectivity index (χ4v) is 3.52. The molecule has 2 N–H and O–H groups in total. The fraction of sp³-hybridized carbons (Fsp3) is 0.438. The topological polar surface area (TPSA) is 63.4 Å². The summed E-state index contributed by atoms with van der Waals surface area (Å²) in [4.78, 5) is 26.6. The Bertz CT molecular complexity index is 590. The molecule has 1 aliphatic heterocycles. The van der Waals surface area contributed by atoms with Crippen molar-refractivity contribution in [1.29, 1.82) is 0 Å². The van der Waals surface area contributed by atoms with Gasteiger partial charge in [0.1, 0.15) is 4.99 Å². The summed E-state index contributed by atoms with van der Waals surface area (Å²) in [6, 6.07) is 7.43. The normalized spacial score (nSPS) is 25.0. The van der Waals surface area contributed by atoms with Crippen molar-refractivity contribution in [3.8, 4) is 0 Å². The summed E-state index contributed by atoms with van der Waals surface area (Å²) in [7, 11) is 0. The number of likely N-dealkylation sites (tertiary alicyclic amines) is 1. The van der Waals surface area contributed by atoms with Crippen LogP contribution in [0.3, 0.4) is 0 Å². The number of nitrogens with two attached hydrogens (primary N) is 1. The molecule has 4 nitrogen and oxygen atoms in total. The van der Waals surface area contributed by atoms with Crippen molar-refractivity contribution in [2.45, 2.75) is 32.2 Å². The van der Waals surface area contributed by atoms with E-state index in [0.717, 1.165) is 36.8 Å². The molecule has 0 radical (unpaired) electrons. The highest BCUT2D eigenvalue weighted by atomic mass is 32.1. The van der Waals surface area contributed by atoms with Crippen LogP contribution in [0.4, 0.5) is 0 Å². The van der Waals surface area contributed by atoms with E-state index < -0.39 is 0 Å². The average molecular weight is 302 g/mol. The fourth-order valence-electron chi connectivity index (χ4n) is 3.39. The highest BCUT2D eigenvalue weighted by Crippen LogP contribution is 2.38. The zero-order chi connectivity index (χ0) is 15.0. The van der Waals surface area contributed by atoms with Crippen molar-refractivity contribution < 1.29 is 9.59 Å². The predicted molar refractivity (Wildman–Crippen MR) is 83.3 cm³/mol. The lowest BCUT2D eigenvalue weighted by atomic mass is 9.81. The lowest BCUT2D eigenvalue weighted by Crippen LogP contribution is -2.30. The smallest absolute Gasteiger partial charge is 0.233 e. The highest BCUT2D eigenvalue weighted by Gasteiger charge is 2.47. The first-order valence-corrected chi connectivity index (χ1v) is 7.72. The molecule has 1 aliphatic carbocycles. The maximum atomic E-state index is 12.4. The Kier molecular flexibility index (Phi) is 3.76. The van der Waals surface area contributed by atoms with Gasteiger partial charge < -0.3 is 5.73 Å². The van der Waals surface area contributed by atoms with Gasteiger partial charge in [0, 0.05) is 5.56 Å². The van der Waals surface area contributed by atoms with Crippen LogP contribution in [0.1, 0.15) is 36.8 Å². The summed E-state index contributed by atoms with van der Waals surface area (Å²) in [6.45, 7) is 0.321. The van der Waals surface area contributed by atoms with Crippen molar-refractivity contribution in [3.63, 3.8) is 0 Å². The van der Waals surface area contributed by atoms with E-state index in [-0.39, 0.29) is 23.7 Å². The maximum Gasteiger partial charge on any atom is 0.233 e. The quantitative estimate of drug-likeness (QED) is 0.685. The molecular formula is C16H18N2O2S. The zero-order valence-corrected chi connectivity index (χ0v) is 12.6. The molecule has 0 spiro atoms. The van der Waals surface area contributed by atoms with Gasteiger partial charge in [-0.05, 0) is 24.5 Å². The maximum absolute atomic E-state index is 12.4. The van der Waals surface area contributed by atoms with E-state index >= 15 is 0 Å². The van der Waals surface area contributed by atoms with Crippen molar-refractivity contribution in [2.75, 3.05) is 0 Å². The Hall–Kier alpha value is -1.75. The standard InChI is InChI=1S/C16H18N2O2S/c17-14(21)11-5-3-4-10(8-11)9-18-15(19)12-6-1-2-7-13(12)16(18)20/h3-5,8,12-13H,1-2,6-7,9H2,(H2,17,21). The summed E-state index contributed by atoms with van der Waals surface area (Å²) < 4.78 is 0. The van der Waals surface area contributed by atoms with E-state index in [1.807, 2.05) is 24.3 Å². The predicted octanol–water partition coefficient (Wildman–Crippen LogP) is 2.00. The molecule has 2 amide bonds. The van der Waals surface area contributed by atoms with Crippen molar-refractivity contribution in [3.05, 3.63) is 35.4 Å². The van der Waals surface area contributed by atoms with E-state index in [2.05, 4.69) is 0 Å². The number of rotatable bonds is 3. The van der Waals surface area contributed by atoms with Crippen molar-refractivity contribution >= 4 is 29.0 Å². The van der Waals surface area contributed by atoms with Crippen molar-refractivity contribution in [1.82, 2.24) is 4.90 Å². The summed E-state index contributed by atoms with van der Waals surface area (Å²) in [6.07, 6.45) is 3.78. The van der Waals surface area contributed by atoms with Crippen LogP contribution in [0.25, 0.3) is 0 Å². The summed E-state index contributed by atoms with van der Waals surface area (Å²) in [5.74, 6) is -0.203. The Labute approximate surface area is 129 Å². The third-order valence-corrected chi connectivity index (χ3v) is 4.72. The van der Waals surface area contributed by atoms with Gasteiger partial charge in [0.25, 0.3) is 0 Å². The Morgan fingerprint density at radius 3 is 2.38 bits per heavy atom. The first kappa shape index (κ1) is 14.2. The Morgan fingerprint density at radius 1 is 1.19 bits per heavy atom. The molecule has 1 saturated heterocycles. The van der Waals surface area contributed by atoms with E-state index in [1.165, 1.54) is 4.90 Å². The summed E-state index contributed by atoms with van der Waals surface area (Å²) in [5.41, 5.74) is 7.28. The minimum atomic E-state index is -0.0926. The molecule has 1 aromatic carbocycles. The SMILES string of the molecule is NC(=S)c1cccc(CN2C(=O)C3CCCCC3C2=O)c1. The van der Waals surface area contributed by atoms with Crippen LogP contribution in [0, 0.1) is 11.8 Å². The number of benzene rings is 1. The van der Waals surface area contributed by atoms with Crippen LogP contribution in [-0.2, 0) is 16.1 Å². The van der Waals surface area contributed by atoms with Crippen LogP contribution in [0.2, 0.25) is 0 Å². The van der Waals surface area contributed by atoms with Gasteiger partial charge in [-0.3, -0.25) is 14.5 Å². The van der Waals surface area contributed by atoms with Gasteiger partial charge in [-0.1, -0.05) is 43.3 Å². The molecule has 2 fully saturated rings. The first-order chi connectivity index (χ1) is 10.1. The molecule has 1 heterocycles. The van der Waals surface area contributed by atoms with Gasteiger partial charge >= 0.3 is 0 Å². The van der Waals surface area contributed by atoms with Gasteiger partial charge in [0.05, 0.1) is 18.4 Å². The number of hydrogen-bond acceptors (Lipinski definition) is 3. The molecule has 0 aromatic heterocycles. The second kappa shape index (κ2) is 5.56. The zero-order valence-electron chi connectivity index (χ0n) is 11.7. The number of amides is 2. The van der Waals surface area contributed by atoms with Crippen LogP contribution in [-0.4, -0.2) is 21.7 Å². The first-order valence-electron chi connectivity index (χ1n) is 7.32. The number of nitrogens with zero attached hydrogens (tertiary/aromatic N) is 1. The van der Waals surface area contributed by atoms with Crippen LogP contribution < -0.4 is 5.73 Å².